The number of benzene rings is 1. The van der Waals surface area contributed by atoms with Crippen molar-refractivity contribution in [2.24, 2.45) is 5.92 Å². The summed E-state index contributed by atoms with van der Waals surface area (Å²) in [5.41, 5.74) is 0.579. The third-order valence-corrected chi connectivity index (χ3v) is 3.88. The smallest absolute Gasteiger partial charge is 0.229 e. The number of rotatable bonds is 4. The highest BCUT2D eigenvalue weighted by Crippen LogP contribution is 2.29. The van der Waals surface area contributed by atoms with Crippen LogP contribution in [0, 0.1) is 11.7 Å². The predicted octanol–water partition coefficient (Wildman–Crippen LogP) is 2.97. The number of halogens is 1. The summed E-state index contributed by atoms with van der Waals surface area (Å²) in [5, 5.41) is 14.0. The van der Waals surface area contributed by atoms with Gasteiger partial charge >= 0.3 is 0 Å². The van der Waals surface area contributed by atoms with Crippen LogP contribution in [-0.2, 0) is 6.42 Å². The molecule has 1 N–H and O–H groups in total. The van der Waals surface area contributed by atoms with Gasteiger partial charge in [0, 0.05) is 5.56 Å². The van der Waals surface area contributed by atoms with Crippen LogP contribution in [0.5, 0.6) is 0 Å². The van der Waals surface area contributed by atoms with Crippen LogP contribution in [0.1, 0.15) is 31.6 Å². The molecule has 0 aliphatic heterocycles. The van der Waals surface area contributed by atoms with Gasteiger partial charge in [-0.25, -0.2) is 4.39 Å². The number of nitrogens with zero attached hydrogens (tertiary/aromatic N) is 2. The fraction of sp³-hybridized carbons (Fsp3) is 0.467. The van der Waals surface area contributed by atoms with Gasteiger partial charge in [-0.1, -0.05) is 30.1 Å². The standard InChI is InChI=1S/C15H17FN2O2/c16-12-7-3-6-11(8-12)15-17-14(20-18-15)9-13(19)10-4-1-2-5-10/h3,6-8,10,13,19H,1-2,4-5,9H2. The summed E-state index contributed by atoms with van der Waals surface area (Å²) >= 11 is 0. The van der Waals surface area contributed by atoms with E-state index in [1.807, 2.05) is 0 Å². The molecule has 20 heavy (non-hydrogen) atoms. The third kappa shape index (κ3) is 2.88. The minimum Gasteiger partial charge on any atom is -0.392 e. The predicted molar refractivity (Wildman–Crippen MR) is 71.4 cm³/mol. The molecule has 1 aliphatic rings. The van der Waals surface area contributed by atoms with E-state index in [2.05, 4.69) is 10.1 Å². The van der Waals surface area contributed by atoms with Gasteiger partial charge in [0.2, 0.25) is 11.7 Å². The van der Waals surface area contributed by atoms with Gasteiger partial charge in [0.25, 0.3) is 0 Å². The average Bonchev–Trinajstić information content (AvgIpc) is 3.10. The fourth-order valence-corrected chi connectivity index (χ4v) is 2.77. The second kappa shape index (κ2) is 5.71. The van der Waals surface area contributed by atoms with Crippen molar-refractivity contribution < 1.29 is 14.0 Å². The Balaban J connectivity index is 1.70. The molecule has 1 aliphatic carbocycles. The molecule has 106 valence electrons. The minimum atomic E-state index is -0.432. The largest absolute Gasteiger partial charge is 0.392 e. The molecule has 5 heteroatoms. The van der Waals surface area contributed by atoms with Crippen molar-refractivity contribution >= 4 is 0 Å². The Morgan fingerprint density at radius 1 is 1.35 bits per heavy atom. The maximum atomic E-state index is 13.1. The van der Waals surface area contributed by atoms with Crippen molar-refractivity contribution in [2.75, 3.05) is 0 Å². The first kappa shape index (κ1) is 13.2. The van der Waals surface area contributed by atoms with Gasteiger partial charge in [-0.2, -0.15) is 4.98 Å². The Bertz CT molecular complexity index is 579. The Hall–Kier alpha value is -1.75. The number of aromatic nitrogens is 2. The first-order valence-electron chi connectivity index (χ1n) is 6.99. The highest BCUT2D eigenvalue weighted by atomic mass is 19.1. The van der Waals surface area contributed by atoms with Crippen molar-refractivity contribution in [2.45, 2.75) is 38.2 Å². The molecule has 1 unspecified atom stereocenters. The zero-order valence-corrected chi connectivity index (χ0v) is 11.1. The SMILES string of the molecule is OC(Cc1nc(-c2cccc(F)c2)no1)C1CCCC1. The molecule has 1 aromatic heterocycles. The third-order valence-electron chi connectivity index (χ3n) is 3.88. The summed E-state index contributed by atoms with van der Waals surface area (Å²) < 4.78 is 18.3. The molecule has 1 aromatic carbocycles. The first-order valence-corrected chi connectivity index (χ1v) is 6.99. The number of aliphatic hydroxyl groups is 1. The van der Waals surface area contributed by atoms with E-state index < -0.39 is 6.10 Å². The lowest BCUT2D eigenvalue weighted by atomic mass is 9.98. The van der Waals surface area contributed by atoms with Crippen molar-refractivity contribution in [3.8, 4) is 11.4 Å². The van der Waals surface area contributed by atoms with Crippen LogP contribution in [0.25, 0.3) is 11.4 Å². The van der Waals surface area contributed by atoms with Crippen molar-refractivity contribution in [1.29, 1.82) is 0 Å². The summed E-state index contributed by atoms with van der Waals surface area (Å²) in [7, 11) is 0. The molecule has 2 aromatic rings. The van der Waals surface area contributed by atoms with E-state index >= 15 is 0 Å². The molecule has 3 rings (SSSR count). The molecular weight excluding hydrogens is 259 g/mol. The maximum Gasteiger partial charge on any atom is 0.229 e. The normalized spacial score (nSPS) is 17.5. The van der Waals surface area contributed by atoms with Gasteiger partial charge < -0.3 is 9.63 Å². The van der Waals surface area contributed by atoms with Crippen molar-refractivity contribution in [3.05, 3.63) is 36.0 Å². The van der Waals surface area contributed by atoms with Gasteiger partial charge in [-0.05, 0) is 30.9 Å². The van der Waals surface area contributed by atoms with Crippen molar-refractivity contribution in [1.82, 2.24) is 10.1 Å². The topological polar surface area (TPSA) is 59.2 Å². The first-order chi connectivity index (χ1) is 9.72. The summed E-state index contributed by atoms with van der Waals surface area (Å²) in [5.74, 6) is 0.765. The van der Waals surface area contributed by atoms with Crippen LogP contribution in [0.2, 0.25) is 0 Å². The molecular formula is C15H17FN2O2. The quantitative estimate of drug-likeness (QED) is 0.932. The summed E-state index contributed by atoms with van der Waals surface area (Å²) in [4.78, 5) is 4.23. The molecule has 0 amide bonds. The van der Waals surface area contributed by atoms with Crippen molar-refractivity contribution in [3.63, 3.8) is 0 Å². The Morgan fingerprint density at radius 2 is 2.15 bits per heavy atom. The number of aliphatic hydroxyl groups excluding tert-OH is 1. The highest BCUT2D eigenvalue weighted by Gasteiger charge is 2.25. The molecule has 1 atom stereocenters. The molecule has 0 saturated heterocycles. The number of hydrogen-bond acceptors (Lipinski definition) is 4. The van der Waals surface area contributed by atoms with Gasteiger partial charge in [0.15, 0.2) is 0 Å². The van der Waals surface area contributed by atoms with E-state index in [0.29, 0.717) is 29.6 Å². The fourth-order valence-electron chi connectivity index (χ4n) is 2.77. The minimum absolute atomic E-state index is 0.333. The van der Waals surface area contributed by atoms with Gasteiger partial charge in [-0.3, -0.25) is 0 Å². The molecule has 0 spiro atoms. The molecule has 0 bridgehead atoms. The summed E-state index contributed by atoms with van der Waals surface area (Å²) in [6, 6.07) is 6.07. The Kier molecular flexibility index (Phi) is 3.78. The molecule has 4 nitrogen and oxygen atoms in total. The summed E-state index contributed by atoms with van der Waals surface area (Å²) in [6.45, 7) is 0. The second-order valence-corrected chi connectivity index (χ2v) is 5.34. The van der Waals surface area contributed by atoms with Crippen LogP contribution >= 0.6 is 0 Å². The lowest BCUT2D eigenvalue weighted by Crippen LogP contribution is -2.20. The van der Waals surface area contributed by atoms with Crippen LogP contribution in [-0.4, -0.2) is 21.4 Å². The monoisotopic (exact) mass is 276 g/mol. The Labute approximate surface area is 116 Å². The second-order valence-electron chi connectivity index (χ2n) is 5.34. The zero-order chi connectivity index (χ0) is 13.9. The lowest BCUT2D eigenvalue weighted by molar-refractivity contribution is 0.102. The lowest BCUT2D eigenvalue weighted by Gasteiger charge is -2.14. The highest BCUT2D eigenvalue weighted by molar-refractivity contribution is 5.53. The molecule has 1 fully saturated rings. The molecule has 1 saturated carbocycles. The Morgan fingerprint density at radius 3 is 2.90 bits per heavy atom. The van der Waals surface area contributed by atoms with E-state index in [1.165, 1.54) is 25.0 Å². The van der Waals surface area contributed by atoms with Gasteiger partial charge in [0.05, 0.1) is 12.5 Å². The van der Waals surface area contributed by atoms with Gasteiger partial charge in [0.1, 0.15) is 5.82 Å². The average molecular weight is 276 g/mol. The van der Waals surface area contributed by atoms with Crippen LogP contribution in [0.4, 0.5) is 4.39 Å². The van der Waals surface area contributed by atoms with E-state index in [9.17, 15) is 9.50 Å². The summed E-state index contributed by atoms with van der Waals surface area (Å²) in [6.07, 6.45) is 4.42. The molecule has 0 radical (unpaired) electrons. The molecule has 1 heterocycles. The van der Waals surface area contributed by atoms with Crippen LogP contribution in [0.15, 0.2) is 28.8 Å². The van der Waals surface area contributed by atoms with E-state index in [-0.39, 0.29) is 5.82 Å². The maximum absolute atomic E-state index is 13.1. The van der Waals surface area contributed by atoms with E-state index in [0.717, 1.165) is 12.8 Å². The van der Waals surface area contributed by atoms with Gasteiger partial charge in [-0.15, -0.1) is 0 Å². The van der Waals surface area contributed by atoms with Crippen LogP contribution in [0.3, 0.4) is 0 Å². The van der Waals surface area contributed by atoms with Crippen LogP contribution < -0.4 is 0 Å². The zero-order valence-electron chi connectivity index (χ0n) is 11.1. The van der Waals surface area contributed by atoms with E-state index in [1.54, 1.807) is 12.1 Å². The van der Waals surface area contributed by atoms with E-state index in [4.69, 9.17) is 4.52 Å². The number of hydrogen-bond donors (Lipinski definition) is 1.